The fraction of sp³-hybridized carbons (Fsp3) is 0.133. The molecule has 1 N–H and O–H groups in total. The van der Waals surface area contributed by atoms with Crippen molar-refractivity contribution in [2.45, 2.75) is 13.0 Å². The van der Waals surface area contributed by atoms with E-state index in [0.717, 1.165) is 35.7 Å². The molecule has 0 saturated heterocycles. The van der Waals surface area contributed by atoms with Gasteiger partial charge in [0.15, 0.2) is 5.82 Å². The lowest BCUT2D eigenvalue weighted by Crippen LogP contribution is -2.05. The molecule has 104 valence electrons. The van der Waals surface area contributed by atoms with Crippen molar-refractivity contribution >= 4 is 5.52 Å². The number of rotatable bonds is 4. The predicted molar refractivity (Wildman–Crippen MR) is 78.7 cm³/mol. The number of pyridine rings is 1. The minimum atomic E-state index is 0.842. The van der Waals surface area contributed by atoms with Crippen LogP contribution in [0.5, 0.6) is 0 Å². The Labute approximate surface area is 121 Å². The highest BCUT2D eigenvalue weighted by molar-refractivity contribution is 5.58. The number of aromatic amines is 1. The van der Waals surface area contributed by atoms with Gasteiger partial charge in [0.2, 0.25) is 0 Å². The van der Waals surface area contributed by atoms with Gasteiger partial charge in [-0.05, 0) is 18.2 Å². The second kappa shape index (κ2) is 4.90. The van der Waals surface area contributed by atoms with E-state index in [2.05, 4.69) is 24.6 Å². The van der Waals surface area contributed by atoms with Crippen LogP contribution in [0.25, 0.3) is 17.0 Å². The highest BCUT2D eigenvalue weighted by atomic mass is 15.2. The molecule has 0 radical (unpaired) electrons. The highest BCUT2D eigenvalue weighted by Crippen LogP contribution is 2.19. The maximum absolute atomic E-state index is 4.49. The van der Waals surface area contributed by atoms with Gasteiger partial charge in [-0.25, -0.2) is 14.5 Å². The Kier molecular flexibility index (Phi) is 2.77. The summed E-state index contributed by atoms with van der Waals surface area (Å²) >= 11 is 0. The van der Waals surface area contributed by atoms with Crippen molar-refractivity contribution in [3.8, 4) is 11.5 Å². The number of nitrogens with one attached hydrogen (secondary N) is 1. The molecule has 0 aliphatic carbocycles. The Hall–Kier alpha value is -2.89. The van der Waals surface area contributed by atoms with Crippen LogP contribution < -0.4 is 0 Å². The van der Waals surface area contributed by atoms with Gasteiger partial charge in [0.1, 0.15) is 5.69 Å². The molecule has 6 nitrogen and oxygen atoms in total. The van der Waals surface area contributed by atoms with Gasteiger partial charge in [0, 0.05) is 37.3 Å². The smallest absolute Gasteiger partial charge is 0.158 e. The monoisotopic (exact) mass is 278 g/mol. The van der Waals surface area contributed by atoms with E-state index >= 15 is 0 Å². The van der Waals surface area contributed by atoms with Crippen LogP contribution >= 0.6 is 0 Å². The largest absolute Gasteiger partial charge is 0.348 e. The summed E-state index contributed by atoms with van der Waals surface area (Å²) in [5, 5.41) is 4.37. The standard InChI is InChI=1S/C15H14N6/c1-2-13-4-6-19-21(13)14(3-1)15-17-7-9-20(15)8-5-12-10-16-11-18-12/h1-4,6-7,9-11H,5,8H2,(H,16,18). The third kappa shape index (κ3) is 2.10. The Morgan fingerprint density at radius 1 is 1.14 bits per heavy atom. The molecule has 4 aromatic heterocycles. The predicted octanol–water partition coefficient (Wildman–Crippen LogP) is 2.16. The number of hydrogen-bond donors (Lipinski definition) is 1. The van der Waals surface area contributed by atoms with Crippen molar-refractivity contribution in [1.82, 2.24) is 29.1 Å². The molecule has 0 bridgehead atoms. The average Bonchev–Trinajstić information content (AvgIpc) is 3.25. The lowest BCUT2D eigenvalue weighted by molar-refractivity contribution is 0.690. The number of imidazole rings is 2. The lowest BCUT2D eigenvalue weighted by Gasteiger charge is -2.08. The van der Waals surface area contributed by atoms with Gasteiger partial charge in [-0.1, -0.05) is 6.07 Å². The zero-order valence-electron chi connectivity index (χ0n) is 11.3. The van der Waals surface area contributed by atoms with Crippen molar-refractivity contribution in [1.29, 1.82) is 0 Å². The molecule has 0 amide bonds. The van der Waals surface area contributed by atoms with Crippen molar-refractivity contribution in [3.63, 3.8) is 0 Å². The fourth-order valence-corrected chi connectivity index (χ4v) is 2.50. The van der Waals surface area contributed by atoms with E-state index in [1.807, 2.05) is 47.4 Å². The Bertz CT molecular complexity index is 855. The molecule has 21 heavy (non-hydrogen) atoms. The normalized spacial score (nSPS) is 11.2. The summed E-state index contributed by atoms with van der Waals surface area (Å²) in [6.45, 7) is 0.842. The van der Waals surface area contributed by atoms with Crippen molar-refractivity contribution < 1.29 is 0 Å². The summed E-state index contributed by atoms with van der Waals surface area (Å²) in [4.78, 5) is 11.7. The number of aromatic nitrogens is 6. The fourth-order valence-electron chi connectivity index (χ4n) is 2.50. The molecule has 0 fully saturated rings. The van der Waals surface area contributed by atoms with Crippen LogP contribution in [0.3, 0.4) is 0 Å². The number of nitrogens with zero attached hydrogens (tertiary/aromatic N) is 5. The summed E-state index contributed by atoms with van der Waals surface area (Å²) in [6.07, 6.45) is 10.1. The zero-order valence-corrected chi connectivity index (χ0v) is 11.3. The maximum atomic E-state index is 4.49. The summed E-state index contributed by atoms with van der Waals surface area (Å²) in [7, 11) is 0. The molecular formula is C15H14N6. The van der Waals surface area contributed by atoms with Crippen LogP contribution in [0.1, 0.15) is 5.69 Å². The number of aryl methyl sites for hydroxylation is 2. The van der Waals surface area contributed by atoms with Gasteiger partial charge in [-0.3, -0.25) is 0 Å². The van der Waals surface area contributed by atoms with Gasteiger partial charge in [-0.2, -0.15) is 5.10 Å². The van der Waals surface area contributed by atoms with Crippen LogP contribution in [0.2, 0.25) is 0 Å². The molecule has 0 unspecified atom stereocenters. The topological polar surface area (TPSA) is 63.8 Å². The third-order valence-electron chi connectivity index (χ3n) is 3.54. The second-order valence-electron chi connectivity index (χ2n) is 4.85. The van der Waals surface area contributed by atoms with E-state index in [1.54, 1.807) is 12.5 Å². The van der Waals surface area contributed by atoms with Gasteiger partial charge in [0.05, 0.1) is 18.0 Å². The molecule has 6 heteroatoms. The van der Waals surface area contributed by atoms with Crippen LogP contribution in [0.4, 0.5) is 0 Å². The first-order chi connectivity index (χ1) is 10.4. The maximum Gasteiger partial charge on any atom is 0.158 e. The van der Waals surface area contributed by atoms with E-state index in [1.165, 1.54) is 0 Å². The van der Waals surface area contributed by atoms with Crippen LogP contribution in [0.15, 0.2) is 55.4 Å². The Morgan fingerprint density at radius 2 is 2.14 bits per heavy atom. The summed E-state index contributed by atoms with van der Waals surface area (Å²) in [5.74, 6) is 0.920. The number of hydrogen-bond acceptors (Lipinski definition) is 3. The van der Waals surface area contributed by atoms with Gasteiger partial charge < -0.3 is 9.55 Å². The summed E-state index contributed by atoms with van der Waals surface area (Å²) < 4.78 is 4.05. The quantitative estimate of drug-likeness (QED) is 0.622. The van der Waals surface area contributed by atoms with Crippen molar-refractivity contribution in [3.05, 3.63) is 61.1 Å². The van der Waals surface area contributed by atoms with E-state index in [9.17, 15) is 0 Å². The molecule has 0 saturated carbocycles. The minimum absolute atomic E-state index is 0.842. The average molecular weight is 278 g/mol. The summed E-state index contributed by atoms with van der Waals surface area (Å²) in [6, 6.07) is 8.09. The van der Waals surface area contributed by atoms with Crippen molar-refractivity contribution in [2.75, 3.05) is 0 Å². The molecule has 0 aliphatic rings. The molecule has 0 spiro atoms. The molecule has 4 aromatic rings. The number of fused-ring (bicyclic) bond motifs is 1. The molecule has 4 rings (SSSR count). The van der Waals surface area contributed by atoms with Crippen LogP contribution in [-0.4, -0.2) is 29.1 Å². The highest BCUT2D eigenvalue weighted by Gasteiger charge is 2.10. The first-order valence-electron chi connectivity index (χ1n) is 6.83. The summed E-state index contributed by atoms with van der Waals surface area (Å²) in [5.41, 5.74) is 3.18. The SMILES string of the molecule is c1cc(-c2nccn2CCc2cnc[nH]2)n2nccc2c1. The molecule has 4 heterocycles. The number of H-pyrrole nitrogens is 1. The van der Waals surface area contributed by atoms with Gasteiger partial charge >= 0.3 is 0 Å². The Morgan fingerprint density at radius 3 is 3.05 bits per heavy atom. The van der Waals surface area contributed by atoms with E-state index in [-0.39, 0.29) is 0 Å². The first kappa shape index (κ1) is 11.9. The second-order valence-corrected chi connectivity index (χ2v) is 4.85. The molecule has 0 aromatic carbocycles. The van der Waals surface area contributed by atoms with Crippen LogP contribution in [-0.2, 0) is 13.0 Å². The first-order valence-corrected chi connectivity index (χ1v) is 6.83. The minimum Gasteiger partial charge on any atom is -0.348 e. The van der Waals surface area contributed by atoms with Gasteiger partial charge in [-0.15, -0.1) is 0 Å². The van der Waals surface area contributed by atoms with Crippen molar-refractivity contribution in [2.24, 2.45) is 0 Å². The molecule has 0 atom stereocenters. The van der Waals surface area contributed by atoms with E-state index < -0.39 is 0 Å². The van der Waals surface area contributed by atoms with E-state index in [4.69, 9.17) is 0 Å². The third-order valence-corrected chi connectivity index (χ3v) is 3.54. The lowest BCUT2D eigenvalue weighted by atomic mass is 10.3. The van der Waals surface area contributed by atoms with E-state index in [0.29, 0.717) is 0 Å². The van der Waals surface area contributed by atoms with Crippen LogP contribution in [0, 0.1) is 0 Å². The molecule has 0 aliphatic heterocycles. The molecular weight excluding hydrogens is 264 g/mol. The zero-order chi connectivity index (χ0) is 14.1. The Balaban J connectivity index is 1.70. The van der Waals surface area contributed by atoms with Gasteiger partial charge in [0.25, 0.3) is 0 Å².